The van der Waals surface area contributed by atoms with E-state index in [2.05, 4.69) is 27.3 Å². The molecule has 0 atom stereocenters. The second kappa shape index (κ2) is 5.67. The summed E-state index contributed by atoms with van der Waals surface area (Å²) < 4.78 is 1.65. The lowest BCUT2D eigenvalue weighted by molar-refractivity contribution is 1.03. The van der Waals surface area contributed by atoms with Gasteiger partial charge in [0, 0.05) is 6.20 Å². The molecule has 3 heterocycles. The highest BCUT2D eigenvalue weighted by Gasteiger charge is 2.17. The van der Waals surface area contributed by atoms with E-state index in [0.717, 1.165) is 22.2 Å². The second-order valence-corrected chi connectivity index (χ2v) is 6.06. The van der Waals surface area contributed by atoms with Crippen molar-refractivity contribution in [1.29, 1.82) is 0 Å². The molecule has 2 aromatic carbocycles. The van der Waals surface area contributed by atoms with Gasteiger partial charge in [0.25, 0.3) is 5.56 Å². The van der Waals surface area contributed by atoms with Gasteiger partial charge in [-0.3, -0.25) is 14.5 Å². The van der Waals surface area contributed by atoms with Gasteiger partial charge < -0.3 is 0 Å². The van der Waals surface area contributed by atoms with Crippen LogP contribution in [0.3, 0.4) is 0 Å². The number of hydrogen-bond donors (Lipinski definition) is 1. The van der Waals surface area contributed by atoms with Gasteiger partial charge in [0.1, 0.15) is 5.65 Å². The Morgan fingerprint density at radius 3 is 2.38 bits per heavy atom. The number of para-hydroxylation sites is 1. The largest absolute Gasteiger partial charge is 0.277 e. The summed E-state index contributed by atoms with van der Waals surface area (Å²) >= 11 is 0. The smallest absolute Gasteiger partial charge is 0.267 e. The molecule has 5 nitrogen and oxygen atoms in total. The summed E-state index contributed by atoms with van der Waals surface area (Å²) in [4.78, 5) is 17.7. The van der Waals surface area contributed by atoms with E-state index in [0.29, 0.717) is 16.6 Å². The highest BCUT2D eigenvalue weighted by Crippen LogP contribution is 2.31. The van der Waals surface area contributed by atoms with Crippen LogP contribution in [0.1, 0.15) is 0 Å². The Kier molecular flexibility index (Phi) is 3.18. The minimum atomic E-state index is -0.134. The Labute approximate surface area is 148 Å². The van der Waals surface area contributed by atoms with Crippen molar-refractivity contribution in [2.45, 2.75) is 0 Å². The molecule has 0 aliphatic carbocycles. The van der Waals surface area contributed by atoms with Crippen LogP contribution < -0.4 is 5.56 Å². The van der Waals surface area contributed by atoms with Crippen LogP contribution in [0, 0.1) is 0 Å². The van der Waals surface area contributed by atoms with Gasteiger partial charge >= 0.3 is 0 Å². The molecule has 0 amide bonds. The topological polar surface area (TPSA) is 63.6 Å². The molecule has 0 radical (unpaired) electrons. The normalized spacial score (nSPS) is 11.2. The Bertz CT molecular complexity index is 1290. The Morgan fingerprint density at radius 1 is 0.885 bits per heavy atom. The Morgan fingerprint density at radius 2 is 1.62 bits per heavy atom. The maximum absolute atomic E-state index is 13.1. The minimum absolute atomic E-state index is 0.134. The third-order valence-electron chi connectivity index (χ3n) is 4.56. The first-order valence-corrected chi connectivity index (χ1v) is 8.32. The summed E-state index contributed by atoms with van der Waals surface area (Å²) in [5, 5.41) is 8.54. The van der Waals surface area contributed by atoms with Crippen molar-refractivity contribution in [2.24, 2.45) is 0 Å². The highest BCUT2D eigenvalue weighted by atomic mass is 16.1. The van der Waals surface area contributed by atoms with E-state index >= 15 is 0 Å². The molecule has 0 saturated heterocycles. The number of fused-ring (bicyclic) bond motifs is 3. The average molecular weight is 338 g/mol. The molecule has 0 fully saturated rings. The van der Waals surface area contributed by atoms with Crippen LogP contribution in [0.4, 0.5) is 0 Å². The van der Waals surface area contributed by atoms with Crippen LogP contribution in [0.25, 0.3) is 38.8 Å². The van der Waals surface area contributed by atoms with Crippen molar-refractivity contribution in [1.82, 2.24) is 19.7 Å². The summed E-state index contributed by atoms with van der Waals surface area (Å²) in [5.41, 5.74) is 4.04. The van der Waals surface area contributed by atoms with Gasteiger partial charge in [-0.15, -0.1) is 0 Å². The fraction of sp³-hybridized carbons (Fsp3) is 0. The monoisotopic (exact) mass is 338 g/mol. The van der Waals surface area contributed by atoms with Gasteiger partial charge in [0.05, 0.1) is 28.2 Å². The minimum Gasteiger partial charge on any atom is -0.277 e. The molecular weight excluding hydrogens is 324 g/mol. The van der Waals surface area contributed by atoms with E-state index in [1.165, 1.54) is 0 Å². The Hall–Kier alpha value is -3.73. The van der Waals surface area contributed by atoms with Crippen LogP contribution in [0.15, 0.2) is 83.9 Å². The van der Waals surface area contributed by atoms with E-state index < -0.39 is 0 Å². The van der Waals surface area contributed by atoms with Gasteiger partial charge in [-0.25, -0.2) is 4.98 Å². The summed E-state index contributed by atoms with van der Waals surface area (Å²) in [7, 11) is 0. The number of hydrogen-bond acceptors (Lipinski definition) is 3. The maximum atomic E-state index is 13.1. The molecule has 0 aliphatic rings. The molecule has 26 heavy (non-hydrogen) atoms. The summed E-state index contributed by atoms with van der Waals surface area (Å²) in [5.74, 6) is 0. The zero-order valence-corrected chi connectivity index (χ0v) is 13.8. The van der Waals surface area contributed by atoms with Crippen molar-refractivity contribution in [3.8, 4) is 16.8 Å². The molecule has 0 aliphatic heterocycles. The van der Waals surface area contributed by atoms with Crippen molar-refractivity contribution >= 4 is 21.9 Å². The molecule has 5 heteroatoms. The second-order valence-electron chi connectivity index (χ2n) is 6.06. The molecule has 5 rings (SSSR count). The number of aromatic nitrogens is 4. The highest BCUT2D eigenvalue weighted by molar-refractivity contribution is 6.09. The standard InChI is InChI=1S/C21H14N4O/c26-21-17-13-23-24-19(17)18-16(14-7-3-1-4-8-14)11-12-22-20(18)25(21)15-9-5-2-6-10-15/h1-13H,(H,23,24). The van der Waals surface area contributed by atoms with Crippen LogP contribution in [0.5, 0.6) is 0 Å². The molecule has 0 bridgehead atoms. The zero-order chi connectivity index (χ0) is 17.5. The predicted molar refractivity (Wildman–Crippen MR) is 102 cm³/mol. The maximum Gasteiger partial charge on any atom is 0.267 e. The third-order valence-corrected chi connectivity index (χ3v) is 4.56. The van der Waals surface area contributed by atoms with Gasteiger partial charge in [-0.2, -0.15) is 5.10 Å². The van der Waals surface area contributed by atoms with Crippen molar-refractivity contribution in [3.63, 3.8) is 0 Å². The van der Waals surface area contributed by atoms with E-state index in [1.54, 1.807) is 17.0 Å². The van der Waals surface area contributed by atoms with Crippen LogP contribution in [-0.2, 0) is 0 Å². The van der Waals surface area contributed by atoms with Crippen LogP contribution >= 0.6 is 0 Å². The van der Waals surface area contributed by atoms with E-state index in [-0.39, 0.29) is 5.56 Å². The summed E-state index contributed by atoms with van der Waals surface area (Å²) in [6.45, 7) is 0. The number of H-pyrrole nitrogens is 1. The van der Waals surface area contributed by atoms with Gasteiger partial charge in [-0.05, 0) is 29.3 Å². The SMILES string of the molecule is O=c1c2cn[nH]c2c2c(-c3ccccc3)ccnc2n1-c1ccccc1. The molecule has 3 aromatic heterocycles. The number of pyridine rings is 2. The first kappa shape index (κ1) is 14.6. The molecule has 0 unspecified atom stereocenters. The lowest BCUT2D eigenvalue weighted by atomic mass is 10.0. The predicted octanol–water partition coefficient (Wildman–Crippen LogP) is 3.93. The number of benzene rings is 2. The first-order chi connectivity index (χ1) is 12.8. The fourth-order valence-corrected chi connectivity index (χ4v) is 3.40. The van der Waals surface area contributed by atoms with E-state index in [1.807, 2.05) is 54.6 Å². The van der Waals surface area contributed by atoms with Crippen molar-refractivity contribution < 1.29 is 0 Å². The quantitative estimate of drug-likeness (QED) is 0.530. The lowest BCUT2D eigenvalue weighted by Gasteiger charge is -2.13. The Balaban J connectivity index is 2.01. The van der Waals surface area contributed by atoms with Crippen molar-refractivity contribution in [3.05, 3.63) is 89.5 Å². The van der Waals surface area contributed by atoms with Gasteiger partial charge in [-0.1, -0.05) is 48.5 Å². The van der Waals surface area contributed by atoms with E-state index in [4.69, 9.17) is 0 Å². The van der Waals surface area contributed by atoms with Crippen molar-refractivity contribution in [2.75, 3.05) is 0 Å². The number of nitrogens with zero attached hydrogens (tertiary/aromatic N) is 3. The molecule has 0 spiro atoms. The summed E-state index contributed by atoms with van der Waals surface area (Å²) in [6, 6.07) is 21.6. The molecule has 0 saturated carbocycles. The lowest BCUT2D eigenvalue weighted by Crippen LogP contribution is -2.19. The average Bonchev–Trinajstić information content (AvgIpc) is 3.19. The van der Waals surface area contributed by atoms with Crippen LogP contribution in [-0.4, -0.2) is 19.7 Å². The molecule has 124 valence electrons. The van der Waals surface area contributed by atoms with Gasteiger partial charge in [0.15, 0.2) is 0 Å². The third kappa shape index (κ3) is 2.07. The molecular formula is C21H14N4O. The van der Waals surface area contributed by atoms with Crippen LogP contribution in [0.2, 0.25) is 0 Å². The number of nitrogens with one attached hydrogen (secondary N) is 1. The fourth-order valence-electron chi connectivity index (χ4n) is 3.40. The summed E-state index contributed by atoms with van der Waals surface area (Å²) in [6.07, 6.45) is 3.32. The van der Waals surface area contributed by atoms with Gasteiger partial charge in [0.2, 0.25) is 0 Å². The molecule has 5 aromatic rings. The number of rotatable bonds is 2. The molecule has 1 N–H and O–H groups in total. The first-order valence-electron chi connectivity index (χ1n) is 8.32. The van der Waals surface area contributed by atoms with E-state index in [9.17, 15) is 4.79 Å². The number of aromatic amines is 1. The zero-order valence-electron chi connectivity index (χ0n) is 13.8.